The Morgan fingerprint density at radius 1 is 0.654 bits per heavy atom. The molecule has 0 unspecified atom stereocenters. The van der Waals surface area contributed by atoms with Gasteiger partial charge in [0.15, 0.2) is 0 Å². The second kappa shape index (κ2) is 5.87. The minimum atomic E-state index is -0.115. The lowest BCUT2D eigenvalue weighted by atomic mass is 9.84. The third kappa shape index (κ3) is 2.61. The van der Waals surface area contributed by atoms with Gasteiger partial charge in [-0.1, -0.05) is 65.8 Å². The van der Waals surface area contributed by atoms with E-state index < -0.39 is 0 Å². The van der Waals surface area contributed by atoms with Gasteiger partial charge in [-0.05, 0) is 22.0 Å². The van der Waals surface area contributed by atoms with E-state index >= 15 is 0 Å². The van der Waals surface area contributed by atoms with Crippen LogP contribution in [-0.4, -0.2) is 20.0 Å². The molecule has 0 spiro atoms. The number of benzene rings is 2. The maximum Gasteiger partial charge on any atom is 0.201 e. The topological polar surface area (TPSA) is 35.5 Å². The highest BCUT2D eigenvalue weighted by atomic mass is 16.5. The van der Waals surface area contributed by atoms with Crippen molar-refractivity contribution in [2.75, 3.05) is 14.2 Å². The Morgan fingerprint density at radius 2 is 1.00 bits per heavy atom. The van der Waals surface area contributed by atoms with Gasteiger partial charge in [0.1, 0.15) is 11.5 Å². The number of carbonyl (C=O) groups is 1. The average Bonchev–Trinajstić information content (AvgIpc) is 2.84. The fourth-order valence-electron chi connectivity index (χ4n) is 3.80. The zero-order valence-electron chi connectivity index (χ0n) is 17.0. The van der Waals surface area contributed by atoms with Gasteiger partial charge in [0.05, 0.1) is 25.3 Å². The van der Waals surface area contributed by atoms with Gasteiger partial charge in [0.2, 0.25) is 5.78 Å². The summed E-state index contributed by atoms with van der Waals surface area (Å²) >= 11 is 0. The van der Waals surface area contributed by atoms with Gasteiger partial charge >= 0.3 is 0 Å². The lowest BCUT2D eigenvalue weighted by Gasteiger charge is -2.23. The molecular formula is C23H28O3. The van der Waals surface area contributed by atoms with E-state index in [9.17, 15) is 4.79 Å². The van der Waals surface area contributed by atoms with Crippen LogP contribution >= 0.6 is 0 Å². The van der Waals surface area contributed by atoms with Crippen molar-refractivity contribution in [3.63, 3.8) is 0 Å². The molecule has 0 N–H and O–H groups in total. The van der Waals surface area contributed by atoms with Gasteiger partial charge in [-0.2, -0.15) is 0 Å². The fraction of sp³-hybridized carbons (Fsp3) is 0.435. The van der Waals surface area contributed by atoms with Crippen molar-refractivity contribution < 1.29 is 14.3 Å². The summed E-state index contributed by atoms with van der Waals surface area (Å²) in [7, 11) is 3.28. The van der Waals surface area contributed by atoms with Gasteiger partial charge in [-0.15, -0.1) is 0 Å². The lowest BCUT2D eigenvalue weighted by Crippen LogP contribution is -2.16. The van der Waals surface area contributed by atoms with E-state index in [2.05, 4.69) is 53.7 Å². The second-order valence-electron chi connectivity index (χ2n) is 8.97. The molecule has 0 amide bonds. The predicted octanol–water partition coefficient (Wildman–Crippen LogP) is 5.51. The first-order valence-electron chi connectivity index (χ1n) is 9.00. The van der Waals surface area contributed by atoms with Crippen LogP contribution in [0.5, 0.6) is 11.5 Å². The summed E-state index contributed by atoms with van der Waals surface area (Å²) < 4.78 is 11.5. The van der Waals surface area contributed by atoms with Gasteiger partial charge in [0.25, 0.3) is 0 Å². The maximum absolute atomic E-state index is 13.4. The Kier molecular flexibility index (Phi) is 4.18. The van der Waals surface area contributed by atoms with Crippen LogP contribution in [0.2, 0.25) is 0 Å². The molecule has 3 nitrogen and oxygen atoms in total. The van der Waals surface area contributed by atoms with Crippen LogP contribution in [-0.2, 0) is 10.8 Å². The molecule has 0 saturated heterocycles. The van der Waals surface area contributed by atoms with E-state index in [1.807, 2.05) is 12.1 Å². The van der Waals surface area contributed by atoms with Crippen LogP contribution < -0.4 is 9.47 Å². The molecule has 0 atom stereocenters. The number of methoxy groups -OCH3 is 2. The summed E-state index contributed by atoms with van der Waals surface area (Å²) in [6, 6.07) is 8.23. The van der Waals surface area contributed by atoms with Crippen molar-refractivity contribution >= 4 is 5.78 Å². The number of ether oxygens (including phenoxy) is 2. The van der Waals surface area contributed by atoms with Crippen molar-refractivity contribution in [1.29, 1.82) is 0 Å². The molecule has 26 heavy (non-hydrogen) atoms. The first-order valence-corrected chi connectivity index (χ1v) is 9.00. The molecule has 0 aromatic heterocycles. The van der Waals surface area contributed by atoms with Crippen LogP contribution in [0.1, 0.15) is 68.6 Å². The molecule has 0 fully saturated rings. The molecule has 0 heterocycles. The van der Waals surface area contributed by atoms with E-state index in [1.165, 1.54) is 0 Å². The van der Waals surface area contributed by atoms with Gasteiger partial charge in [0, 0.05) is 11.1 Å². The summed E-state index contributed by atoms with van der Waals surface area (Å²) in [6.45, 7) is 12.8. The van der Waals surface area contributed by atoms with Crippen LogP contribution in [0.25, 0.3) is 11.1 Å². The number of ketones is 1. The van der Waals surface area contributed by atoms with Gasteiger partial charge < -0.3 is 9.47 Å². The van der Waals surface area contributed by atoms with Gasteiger partial charge in [-0.3, -0.25) is 4.79 Å². The fourth-order valence-corrected chi connectivity index (χ4v) is 3.80. The molecule has 0 radical (unpaired) electrons. The highest BCUT2D eigenvalue weighted by molar-refractivity contribution is 6.25. The van der Waals surface area contributed by atoms with Crippen molar-refractivity contribution in [1.82, 2.24) is 0 Å². The van der Waals surface area contributed by atoms with Crippen molar-refractivity contribution in [3.05, 3.63) is 46.5 Å². The largest absolute Gasteiger partial charge is 0.496 e. The van der Waals surface area contributed by atoms with E-state index in [-0.39, 0.29) is 16.6 Å². The van der Waals surface area contributed by atoms with Crippen LogP contribution in [0.3, 0.4) is 0 Å². The molecule has 1 aliphatic rings. The number of hydrogen-bond acceptors (Lipinski definition) is 3. The SMILES string of the molecule is COc1c(C(C)(C)C)ccc2c1C(=O)c1c-2ccc(C(C)(C)C)c1OC. The normalized spacial score (nSPS) is 13.5. The van der Waals surface area contributed by atoms with Crippen molar-refractivity contribution in [2.45, 2.75) is 52.4 Å². The van der Waals surface area contributed by atoms with Crippen molar-refractivity contribution in [3.8, 4) is 22.6 Å². The maximum atomic E-state index is 13.4. The zero-order valence-corrected chi connectivity index (χ0v) is 17.0. The lowest BCUT2D eigenvalue weighted by molar-refractivity contribution is 0.103. The molecule has 0 aliphatic heterocycles. The molecule has 2 aromatic rings. The van der Waals surface area contributed by atoms with E-state index in [0.717, 1.165) is 22.3 Å². The van der Waals surface area contributed by atoms with E-state index in [0.29, 0.717) is 22.6 Å². The van der Waals surface area contributed by atoms with Gasteiger partial charge in [-0.25, -0.2) is 0 Å². The van der Waals surface area contributed by atoms with Crippen LogP contribution in [0.15, 0.2) is 24.3 Å². The minimum absolute atomic E-state index is 0.0131. The monoisotopic (exact) mass is 352 g/mol. The Balaban J connectivity index is 2.34. The molecular weight excluding hydrogens is 324 g/mol. The van der Waals surface area contributed by atoms with Crippen molar-refractivity contribution in [2.24, 2.45) is 0 Å². The Labute approximate surface area is 156 Å². The summed E-state index contributed by atoms with van der Waals surface area (Å²) in [5.41, 5.74) is 5.00. The quantitative estimate of drug-likeness (QED) is 0.610. The predicted molar refractivity (Wildman–Crippen MR) is 106 cm³/mol. The Morgan fingerprint density at radius 3 is 1.27 bits per heavy atom. The number of fused-ring (bicyclic) bond motifs is 3. The third-order valence-electron chi connectivity index (χ3n) is 5.08. The smallest absolute Gasteiger partial charge is 0.201 e. The average molecular weight is 352 g/mol. The summed E-state index contributed by atoms with van der Waals surface area (Å²) in [4.78, 5) is 13.4. The molecule has 3 heteroatoms. The highest BCUT2D eigenvalue weighted by Crippen LogP contribution is 2.50. The second-order valence-corrected chi connectivity index (χ2v) is 8.97. The molecule has 1 aliphatic carbocycles. The molecule has 0 bridgehead atoms. The first kappa shape index (κ1) is 18.5. The van der Waals surface area contributed by atoms with E-state index in [4.69, 9.17) is 9.47 Å². The summed E-state index contributed by atoms with van der Waals surface area (Å²) in [5.74, 6) is 1.34. The number of carbonyl (C=O) groups excluding carboxylic acids is 1. The number of hydrogen-bond donors (Lipinski definition) is 0. The molecule has 2 aromatic carbocycles. The molecule has 3 rings (SSSR count). The Hall–Kier alpha value is -2.29. The standard InChI is InChI=1S/C23H28O3/c1-22(2,3)15-11-9-13-14-10-12-16(23(4,5)6)21(26-8)18(14)19(24)17(13)20(15)25-7/h9-12H,1-8H3. The molecule has 138 valence electrons. The first-order chi connectivity index (χ1) is 12.0. The van der Waals surface area contributed by atoms with Crippen LogP contribution in [0.4, 0.5) is 0 Å². The third-order valence-corrected chi connectivity index (χ3v) is 5.08. The zero-order chi connectivity index (χ0) is 19.4. The summed E-state index contributed by atoms with van der Waals surface area (Å²) in [5, 5.41) is 0. The Bertz CT molecular complexity index is 820. The minimum Gasteiger partial charge on any atom is -0.496 e. The summed E-state index contributed by atoms with van der Waals surface area (Å²) in [6.07, 6.45) is 0. The number of rotatable bonds is 2. The van der Waals surface area contributed by atoms with Crippen LogP contribution in [0, 0.1) is 0 Å². The molecule has 0 saturated carbocycles. The highest BCUT2D eigenvalue weighted by Gasteiger charge is 2.37. The van der Waals surface area contributed by atoms with E-state index in [1.54, 1.807) is 14.2 Å².